The fourth-order valence-corrected chi connectivity index (χ4v) is 4.60. The zero-order chi connectivity index (χ0) is 25.8. The van der Waals surface area contributed by atoms with Crippen molar-refractivity contribution >= 4 is 27.5 Å². The molecule has 1 fully saturated rings. The lowest BCUT2D eigenvalue weighted by atomic mass is 9.95. The van der Waals surface area contributed by atoms with Gasteiger partial charge in [-0.15, -0.1) is 0 Å². The first-order valence-electron chi connectivity index (χ1n) is 10.8. The molecule has 0 saturated carbocycles. The molecule has 10 heteroatoms. The Morgan fingerprint density at radius 2 is 1.74 bits per heavy atom. The Morgan fingerprint density at radius 3 is 2.29 bits per heavy atom. The number of methoxy groups -OCH3 is 1. The number of ether oxygens (including phenoxy) is 2. The number of carbonyl (C=O) groups excluding carboxylic acids is 2. The van der Waals surface area contributed by atoms with Crippen LogP contribution < -0.4 is 4.74 Å². The van der Waals surface area contributed by atoms with Crippen molar-refractivity contribution in [1.29, 1.82) is 0 Å². The van der Waals surface area contributed by atoms with Gasteiger partial charge in [-0.1, -0.05) is 24.8 Å². The molecule has 1 amide bonds. The smallest absolute Gasteiger partial charge is 0.295 e. The lowest BCUT2D eigenvalue weighted by Gasteiger charge is -2.25. The van der Waals surface area contributed by atoms with E-state index < -0.39 is 33.5 Å². The van der Waals surface area contributed by atoms with Crippen molar-refractivity contribution in [2.45, 2.75) is 10.9 Å². The van der Waals surface area contributed by atoms with Crippen LogP contribution in [0.15, 0.2) is 71.7 Å². The topological polar surface area (TPSA) is 113 Å². The molecule has 0 spiro atoms. The molecule has 0 bridgehead atoms. The highest BCUT2D eigenvalue weighted by molar-refractivity contribution is 7.89. The fourth-order valence-electron chi connectivity index (χ4n) is 3.70. The minimum Gasteiger partial charge on any atom is -0.507 e. The maximum Gasteiger partial charge on any atom is 0.295 e. The third kappa shape index (κ3) is 5.29. The predicted octanol–water partition coefficient (Wildman–Crippen LogP) is 2.57. The Balaban J connectivity index is 2.08. The molecule has 9 nitrogen and oxygen atoms in total. The van der Waals surface area contributed by atoms with E-state index in [1.54, 1.807) is 30.3 Å². The monoisotopic (exact) mass is 500 g/mol. The highest BCUT2D eigenvalue weighted by Crippen LogP contribution is 2.39. The van der Waals surface area contributed by atoms with E-state index in [4.69, 9.17) is 9.47 Å². The van der Waals surface area contributed by atoms with Gasteiger partial charge < -0.3 is 19.5 Å². The van der Waals surface area contributed by atoms with Crippen molar-refractivity contribution in [2.75, 3.05) is 41.0 Å². The van der Waals surface area contributed by atoms with Crippen LogP contribution in [0.1, 0.15) is 17.2 Å². The van der Waals surface area contributed by atoms with Gasteiger partial charge in [0.15, 0.2) is 0 Å². The lowest BCUT2D eigenvalue weighted by Crippen LogP contribution is -2.32. The third-order valence-electron chi connectivity index (χ3n) is 5.55. The number of ketones is 1. The summed E-state index contributed by atoms with van der Waals surface area (Å²) in [6, 6.07) is 11.5. The standard InChI is InChI=1S/C25H28N2O7S/c1-5-15-34-19-10-6-17(7-11-19)22-21(24(29)25(30)27(22)14-16-33-4)23(28)18-8-12-20(13-9-18)35(31,32)26(2)3/h5-13,22,28H,1,14-16H2,2-4H3. The Labute approximate surface area is 204 Å². The maximum absolute atomic E-state index is 13.0. The summed E-state index contributed by atoms with van der Waals surface area (Å²) in [7, 11) is 0.650. The molecule has 35 heavy (non-hydrogen) atoms. The zero-order valence-electron chi connectivity index (χ0n) is 19.8. The first-order chi connectivity index (χ1) is 16.6. The molecule has 1 aliphatic rings. The number of sulfonamides is 1. The summed E-state index contributed by atoms with van der Waals surface area (Å²) < 4.78 is 36.4. The molecule has 2 aromatic rings. The van der Waals surface area contributed by atoms with E-state index in [9.17, 15) is 23.1 Å². The summed E-state index contributed by atoms with van der Waals surface area (Å²) >= 11 is 0. The van der Waals surface area contributed by atoms with E-state index >= 15 is 0 Å². The minimum absolute atomic E-state index is 0.0336. The van der Waals surface area contributed by atoms with Crippen molar-refractivity contribution in [1.82, 2.24) is 9.21 Å². The molecule has 0 aromatic heterocycles. The number of rotatable bonds is 10. The first-order valence-corrected chi connectivity index (χ1v) is 12.2. The summed E-state index contributed by atoms with van der Waals surface area (Å²) in [6.07, 6.45) is 1.61. The Morgan fingerprint density at radius 1 is 1.11 bits per heavy atom. The summed E-state index contributed by atoms with van der Waals surface area (Å²) in [5.74, 6) is -1.40. The molecule has 1 heterocycles. The van der Waals surface area contributed by atoms with E-state index in [1.807, 2.05) is 0 Å². The average molecular weight is 501 g/mol. The zero-order valence-corrected chi connectivity index (χ0v) is 20.6. The molecule has 1 unspecified atom stereocenters. The Bertz CT molecular complexity index is 1230. The van der Waals surface area contributed by atoms with Gasteiger partial charge in [0.05, 0.1) is 23.1 Å². The van der Waals surface area contributed by atoms with Gasteiger partial charge in [-0.2, -0.15) is 0 Å². The number of benzene rings is 2. The molecule has 186 valence electrons. The van der Waals surface area contributed by atoms with Crippen molar-refractivity contribution < 1.29 is 32.6 Å². The largest absolute Gasteiger partial charge is 0.507 e. The van der Waals surface area contributed by atoms with Crippen LogP contribution in [0.3, 0.4) is 0 Å². The summed E-state index contributed by atoms with van der Waals surface area (Å²) in [6.45, 7) is 4.27. The highest BCUT2D eigenvalue weighted by atomic mass is 32.2. The summed E-state index contributed by atoms with van der Waals surface area (Å²) in [4.78, 5) is 27.3. The second kappa shape index (κ2) is 10.9. The van der Waals surface area contributed by atoms with Crippen LogP contribution in [0, 0.1) is 0 Å². The highest BCUT2D eigenvalue weighted by Gasteiger charge is 2.45. The molecule has 1 atom stereocenters. The molecule has 0 radical (unpaired) electrons. The number of hydrogen-bond donors (Lipinski definition) is 1. The van der Waals surface area contributed by atoms with Gasteiger partial charge in [0, 0.05) is 33.3 Å². The normalized spacial score (nSPS) is 17.7. The van der Waals surface area contributed by atoms with Gasteiger partial charge in [-0.3, -0.25) is 9.59 Å². The quantitative estimate of drug-likeness (QED) is 0.231. The van der Waals surface area contributed by atoms with E-state index in [0.717, 1.165) is 4.31 Å². The average Bonchev–Trinajstić information content (AvgIpc) is 3.10. The van der Waals surface area contributed by atoms with Crippen LogP contribution in [0.2, 0.25) is 0 Å². The number of likely N-dealkylation sites (tertiary alicyclic amines) is 1. The van der Waals surface area contributed by atoms with Crippen LogP contribution in [0.4, 0.5) is 0 Å². The Hall–Kier alpha value is -3.47. The second-order valence-electron chi connectivity index (χ2n) is 7.97. The van der Waals surface area contributed by atoms with Gasteiger partial charge in [-0.25, -0.2) is 12.7 Å². The number of aliphatic hydroxyl groups is 1. The van der Waals surface area contributed by atoms with Crippen LogP contribution in [0.25, 0.3) is 5.76 Å². The van der Waals surface area contributed by atoms with Crippen molar-refractivity contribution in [3.8, 4) is 5.75 Å². The number of aliphatic hydroxyl groups excluding tert-OH is 1. The van der Waals surface area contributed by atoms with Gasteiger partial charge in [0.2, 0.25) is 10.0 Å². The lowest BCUT2D eigenvalue weighted by molar-refractivity contribution is -0.140. The molecular weight excluding hydrogens is 472 g/mol. The summed E-state index contributed by atoms with van der Waals surface area (Å²) in [5.41, 5.74) is 0.720. The fraction of sp³-hybridized carbons (Fsp3) is 0.280. The predicted molar refractivity (Wildman–Crippen MR) is 130 cm³/mol. The third-order valence-corrected chi connectivity index (χ3v) is 7.38. The number of Topliss-reactive ketones (excluding diaryl/α,β-unsaturated/α-hetero) is 1. The van der Waals surface area contributed by atoms with E-state index in [2.05, 4.69) is 6.58 Å². The minimum atomic E-state index is -3.67. The maximum atomic E-state index is 13.0. The SMILES string of the molecule is C=CCOc1ccc(C2C(=C(O)c3ccc(S(=O)(=O)N(C)C)cc3)C(=O)C(=O)N2CCOC)cc1. The van der Waals surface area contributed by atoms with Gasteiger partial charge in [-0.05, 0) is 42.0 Å². The van der Waals surface area contributed by atoms with Crippen molar-refractivity contribution in [3.05, 3.63) is 77.9 Å². The number of hydrogen-bond acceptors (Lipinski definition) is 7. The molecule has 2 aromatic carbocycles. The molecule has 1 aliphatic heterocycles. The van der Waals surface area contributed by atoms with Gasteiger partial charge in [0.1, 0.15) is 18.1 Å². The number of nitrogens with zero attached hydrogens (tertiary/aromatic N) is 2. The van der Waals surface area contributed by atoms with Crippen LogP contribution in [-0.4, -0.2) is 75.4 Å². The first kappa shape index (κ1) is 26.1. The second-order valence-corrected chi connectivity index (χ2v) is 10.1. The van der Waals surface area contributed by atoms with Gasteiger partial charge >= 0.3 is 0 Å². The molecule has 1 saturated heterocycles. The van der Waals surface area contributed by atoms with Crippen molar-refractivity contribution in [3.63, 3.8) is 0 Å². The van der Waals surface area contributed by atoms with E-state index in [0.29, 0.717) is 17.9 Å². The molecule has 0 aliphatic carbocycles. The molecule has 3 rings (SSSR count). The van der Waals surface area contributed by atoms with Crippen LogP contribution in [0.5, 0.6) is 5.75 Å². The number of amides is 1. The molecule has 1 N–H and O–H groups in total. The van der Waals surface area contributed by atoms with E-state index in [1.165, 1.54) is 50.4 Å². The van der Waals surface area contributed by atoms with Gasteiger partial charge in [0.25, 0.3) is 11.7 Å². The van der Waals surface area contributed by atoms with Crippen LogP contribution >= 0.6 is 0 Å². The Kier molecular flexibility index (Phi) is 8.11. The van der Waals surface area contributed by atoms with Crippen molar-refractivity contribution in [2.24, 2.45) is 0 Å². The summed E-state index contributed by atoms with van der Waals surface area (Å²) in [5, 5.41) is 11.1. The molecular formula is C25H28N2O7S. The number of carbonyl (C=O) groups is 2. The van der Waals surface area contributed by atoms with E-state index in [-0.39, 0.29) is 29.2 Å². The van der Waals surface area contributed by atoms with Crippen LogP contribution in [-0.2, 0) is 24.3 Å².